The fourth-order valence-corrected chi connectivity index (χ4v) is 2.80. The van der Waals surface area contributed by atoms with Crippen molar-refractivity contribution in [3.63, 3.8) is 0 Å². The molecular formula is C21H22N4O3. The molecule has 0 unspecified atom stereocenters. The smallest absolute Gasteiger partial charge is 0.267 e. The molecule has 144 valence electrons. The first kappa shape index (κ1) is 19.3. The molecular weight excluding hydrogens is 356 g/mol. The highest BCUT2D eigenvalue weighted by molar-refractivity contribution is 5.75. The second kappa shape index (κ2) is 8.94. The third-order valence-corrected chi connectivity index (χ3v) is 4.01. The second-order valence-corrected chi connectivity index (χ2v) is 6.48. The quantitative estimate of drug-likeness (QED) is 0.637. The summed E-state index contributed by atoms with van der Waals surface area (Å²) in [6.45, 7) is 4.53. The second-order valence-electron chi connectivity index (χ2n) is 6.48. The van der Waals surface area contributed by atoms with Crippen LogP contribution in [0.3, 0.4) is 0 Å². The molecule has 0 aliphatic heterocycles. The van der Waals surface area contributed by atoms with Gasteiger partial charge in [0.05, 0.1) is 12.2 Å². The fraction of sp³-hybridized carbons (Fsp3) is 0.238. The molecule has 0 spiro atoms. The highest BCUT2D eigenvalue weighted by atomic mass is 16.5. The van der Waals surface area contributed by atoms with Crippen LogP contribution in [-0.4, -0.2) is 33.8 Å². The van der Waals surface area contributed by atoms with E-state index in [0.29, 0.717) is 18.8 Å². The van der Waals surface area contributed by atoms with Crippen molar-refractivity contribution < 1.29 is 9.53 Å². The number of nitrogens with zero attached hydrogens (tertiary/aromatic N) is 3. The molecule has 7 nitrogen and oxygen atoms in total. The van der Waals surface area contributed by atoms with Gasteiger partial charge < -0.3 is 10.1 Å². The largest absolute Gasteiger partial charge is 0.492 e. The van der Waals surface area contributed by atoms with Crippen molar-refractivity contribution in [1.29, 1.82) is 0 Å². The molecule has 28 heavy (non-hydrogen) atoms. The topological polar surface area (TPSA) is 86.1 Å². The van der Waals surface area contributed by atoms with Crippen LogP contribution in [-0.2, 0) is 11.3 Å². The van der Waals surface area contributed by atoms with Gasteiger partial charge in [-0.1, -0.05) is 6.07 Å². The Balaban J connectivity index is 1.54. The highest BCUT2D eigenvalue weighted by Gasteiger charge is 2.08. The molecule has 0 aliphatic carbocycles. The number of carbonyl (C=O) groups excluding carboxylic acids is 1. The molecule has 0 bridgehead atoms. The molecule has 0 aliphatic rings. The van der Waals surface area contributed by atoms with Gasteiger partial charge >= 0.3 is 0 Å². The predicted molar refractivity (Wildman–Crippen MR) is 106 cm³/mol. The monoisotopic (exact) mass is 378 g/mol. The van der Waals surface area contributed by atoms with Gasteiger partial charge in [0.25, 0.3) is 5.56 Å². The van der Waals surface area contributed by atoms with Gasteiger partial charge in [0.15, 0.2) is 0 Å². The van der Waals surface area contributed by atoms with E-state index in [1.54, 1.807) is 24.5 Å². The number of carbonyl (C=O) groups is 1. The molecule has 0 saturated carbocycles. The minimum absolute atomic E-state index is 0.156. The van der Waals surface area contributed by atoms with E-state index in [1.165, 1.54) is 6.07 Å². The van der Waals surface area contributed by atoms with Crippen molar-refractivity contribution >= 4 is 5.91 Å². The lowest BCUT2D eigenvalue weighted by atomic mass is 10.1. The number of ether oxygens (including phenoxy) is 1. The van der Waals surface area contributed by atoms with Crippen LogP contribution in [0.15, 0.2) is 59.7 Å². The maximum Gasteiger partial charge on any atom is 0.267 e. The first-order valence-corrected chi connectivity index (χ1v) is 8.97. The molecule has 0 fully saturated rings. The molecule has 2 aromatic heterocycles. The summed E-state index contributed by atoms with van der Waals surface area (Å²) >= 11 is 0. The van der Waals surface area contributed by atoms with E-state index < -0.39 is 0 Å². The molecule has 2 heterocycles. The molecule has 3 rings (SSSR count). The van der Waals surface area contributed by atoms with E-state index in [2.05, 4.69) is 21.5 Å². The molecule has 7 heteroatoms. The number of aromatic nitrogens is 3. The van der Waals surface area contributed by atoms with Gasteiger partial charge in [-0.05, 0) is 55.3 Å². The van der Waals surface area contributed by atoms with Crippen LogP contribution in [0.4, 0.5) is 0 Å². The SMILES string of the molecule is Cc1cc(C)cc(OCCNC(=O)Cn2nc(-c3cccnc3)ccc2=O)c1. The summed E-state index contributed by atoms with van der Waals surface area (Å²) in [5.41, 5.74) is 3.27. The molecule has 0 atom stereocenters. The van der Waals surface area contributed by atoms with Crippen molar-refractivity contribution in [2.24, 2.45) is 0 Å². The van der Waals surface area contributed by atoms with Crippen LogP contribution in [0.25, 0.3) is 11.3 Å². The third kappa shape index (κ3) is 5.26. The van der Waals surface area contributed by atoms with Crippen LogP contribution in [0.1, 0.15) is 11.1 Å². The van der Waals surface area contributed by atoms with Gasteiger partial charge in [0.1, 0.15) is 18.9 Å². The lowest BCUT2D eigenvalue weighted by molar-refractivity contribution is -0.122. The minimum atomic E-state index is -0.339. The van der Waals surface area contributed by atoms with Crippen molar-refractivity contribution in [3.05, 3.63) is 76.3 Å². The lowest BCUT2D eigenvalue weighted by Gasteiger charge is -2.10. The highest BCUT2D eigenvalue weighted by Crippen LogP contribution is 2.16. The zero-order chi connectivity index (χ0) is 19.9. The molecule has 0 saturated heterocycles. The van der Waals surface area contributed by atoms with Crippen molar-refractivity contribution in [3.8, 4) is 17.0 Å². The van der Waals surface area contributed by atoms with Crippen LogP contribution in [0, 0.1) is 13.8 Å². The predicted octanol–water partition coefficient (Wildman–Crippen LogP) is 2.12. The number of benzene rings is 1. The van der Waals surface area contributed by atoms with Gasteiger partial charge in [-0.3, -0.25) is 14.6 Å². The number of aryl methyl sites for hydroxylation is 2. The Bertz CT molecular complexity index is 995. The molecule has 3 aromatic rings. The Hall–Kier alpha value is -3.48. The maximum absolute atomic E-state index is 12.2. The number of rotatable bonds is 7. The van der Waals surface area contributed by atoms with Gasteiger partial charge in [0.2, 0.25) is 5.91 Å². The van der Waals surface area contributed by atoms with E-state index in [0.717, 1.165) is 27.1 Å². The third-order valence-electron chi connectivity index (χ3n) is 4.01. The Morgan fingerprint density at radius 2 is 1.93 bits per heavy atom. The van der Waals surface area contributed by atoms with Crippen LogP contribution >= 0.6 is 0 Å². The number of pyridine rings is 1. The summed E-state index contributed by atoms with van der Waals surface area (Å²) in [7, 11) is 0. The molecule has 1 aromatic carbocycles. The van der Waals surface area contributed by atoms with Gasteiger partial charge in [-0.25, -0.2) is 4.68 Å². The summed E-state index contributed by atoms with van der Waals surface area (Å²) in [5.74, 6) is 0.468. The van der Waals surface area contributed by atoms with Crippen molar-refractivity contribution in [2.75, 3.05) is 13.2 Å². The minimum Gasteiger partial charge on any atom is -0.492 e. The van der Waals surface area contributed by atoms with E-state index in [4.69, 9.17) is 4.74 Å². The lowest BCUT2D eigenvalue weighted by Crippen LogP contribution is -2.35. The number of hydrogen-bond donors (Lipinski definition) is 1. The summed E-state index contributed by atoms with van der Waals surface area (Å²) in [4.78, 5) is 28.2. The standard InChI is InChI=1S/C21H22N4O3/c1-15-10-16(2)12-18(11-15)28-9-8-23-20(26)14-25-21(27)6-5-19(24-25)17-4-3-7-22-13-17/h3-7,10-13H,8-9,14H2,1-2H3,(H,23,26). The molecule has 0 radical (unpaired) electrons. The Morgan fingerprint density at radius 1 is 1.14 bits per heavy atom. The summed E-state index contributed by atoms with van der Waals surface area (Å²) in [6, 6.07) is 12.6. The van der Waals surface area contributed by atoms with Gasteiger partial charge in [-0.15, -0.1) is 0 Å². The summed E-state index contributed by atoms with van der Waals surface area (Å²) in [5, 5.41) is 6.99. The number of hydrogen-bond acceptors (Lipinski definition) is 5. The normalized spacial score (nSPS) is 10.5. The molecule has 1 amide bonds. The maximum atomic E-state index is 12.2. The average Bonchev–Trinajstić information content (AvgIpc) is 2.67. The Kier molecular flexibility index (Phi) is 6.16. The first-order chi connectivity index (χ1) is 13.5. The van der Waals surface area contributed by atoms with Crippen LogP contribution < -0.4 is 15.6 Å². The van der Waals surface area contributed by atoms with E-state index >= 15 is 0 Å². The Morgan fingerprint density at radius 3 is 2.64 bits per heavy atom. The van der Waals surface area contributed by atoms with Crippen LogP contribution in [0.2, 0.25) is 0 Å². The van der Waals surface area contributed by atoms with Gasteiger partial charge in [-0.2, -0.15) is 5.10 Å². The van der Waals surface area contributed by atoms with E-state index in [1.807, 2.05) is 32.0 Å². The Labute approximate surface area is 163 Å². The van der Waals surface area contributed by atoms with E-state index in [9.17, 15) is 9.59 Å². The zero-order valence-corrected chi connectivity index (χ0v) is 15.9. The fourth-order valence-electron chi connectivity index (χ4n) is 2.80. The first-order valence-electron chi connectivity index (χ1n) is 8.97. The van der Waals surface area contributed by atoms with Crippen LogP contribution in [0.5, 0.6) is 5.75 Å². The zero-order valence-electron chi connectivity index (χ0n) is 15.9. The van der Waals surface area contributed by atoms with E-state index in [-0.39, 0.29) is 18.0 Å². The molecule has 1 N–H and O–H groups in total. The summed E-state index contributed by atoms with van der Waals surface area (Å²) < 4.78 is 6.80. The summed E-state index contributed by atoms with van der Waals surface area (Å²) in [6.07, 6.45) is 3.31. The number of amides is 1. The van der Waals surface area contributed by atoms with Crippen molar-refractivity contribution in [1.82, 2.24) is 20.1 Å². The number of nitrogens with one attached hydrogen (secondary N) is 1. The average molecular weight is 378 g/mol. The van der Waals surface area contributed by atoms with Crippen molar-refractivity contribution in [2.45, 2.75) is 20.4 Å². The van der Waals surface area contributed by atoms with Gasteiger partial charge in [0, 0.05) is 24.0 Å².